The Morgan fingerprint density at radius 3 is 2.87 bits per heavy atom. The second-order valence-electron chi connectivity index (χ2n) is 3.40. The van der Waals surface area contributed by atoms with E-state index in [2.05, 4.69) is 20.8 Å². The van der Waals surface area contributed by atoms with Gasteiger partial charge in [-0.2, -0.15) is 0 Å². The molecule has 0 atom stereocenters. The van der Waals surface area contributed by atoms with E-state index in [0.717, 1.165) is 23.3 Å². The topological polar surface area (TPSA) is 38.5 Å². The first-order valence-electron chi connectivity index (χ1n) is 4.99. The molecule has 0 radical (unpaired) electrons. The van der Waals surface area contributed by atoms with Crippen molar-refractivity contribution < 1.29 is 4.74 Å². The molecule has 0 bridgehead atoms. The maximum Gasteiger partial charge on any atom is 0.120 e. The first kappa shape index (κ1) is 12.5. The third-order valence-electron chi connectivity index (χ3n) is 2.05. The summed E-state index contributed by atoms with van der Waals surface area (Å²) in [6, 6.07) is 7.85. The van der Waals surface area contributed by atoms with Crippen LogP contribution in [0.1, 0.15) is 0 Å². The van der Waals surface area contributed by atoms with Gasteiger partial charge in [-0.1, -0.05) is 22.0 Å². The van der Waals surface area contributed by atoms with Gasteiger partial charge in [-0.15, -0.1) is 0 Å². The van der Waals surface area contributed by atoms with Crippen molar-refractivity contribution >= 4 is 15.9 Å². The van der Waals surface area contributed by atoms with Crippen molar-refractivity contribution in [1.82, 2.24) is 4.90 Å². The minimum absolute atomic E-state index is 0.687. The van der Waals surface area contributed by atoms with Crippen LogP contribution in [0.4, 0.5) is 0 Å². The van der Waals surface area contributed by atoms with Gasteiger partial charge >= 0.3 is 0 Å². The SMILES string of the molecule is CN(CCN)CCOc1cccc(Br)c1. The van der Waals surface area contributed by atoms with Crippen LogP contribution < -0.4 is 10.5 Å². The molecule has 2 N–H and O–H groups in total. The Balaban J connectivity index is 2.25. The quantitative estimate of drug-likeness (QED) is 0.857. The van der Waals surface area contributed by atoms with Gasteiger partial charge in [-0.05, 0) is 25.2 Å². The monoisotopic (exact) mass is 272 g/mol. The average Bonchev–Trinajstić information content (AvgIpc) is 2.18. The molecule has 1 rings (SSSR count). The fourth-order valence-electron chi connectivity index (χ4n) is 1.21. The molecular weight excluding hydrogens is 256 g/mol. The summed E-state index contributed by atoms with van der Waals surface area (Å²) in [5.74, 6) is 0.894. The van der Waals surface area contributed by atoms with Crippen LogP contribution in [0.5, 0.6) is 5.75 Å². The maximum atomic E-state index is 5.59. The Morgan fingerprint density at radius 1 is 1.40 bits per heavy atom. The second-order valence-corrected chi connectivity index (χ2v) is 4.31. The predicted molar refractivity (Wildman–Crippen MR) is 66.2 cm³/mol. The van der Waals surface area contributed by atoms with Crippen LogP contribution >= 0.6 is 15.9 Å². The molecule has 0 spiro atoms. The van der Waals surface area contributed by atoms with Gasteiger partial charge in [-0.3, -0.25) is 0 Å². The predicted octanol–water partition coefficient (Wildman–Crippen LogP) is 1.72. The summed E-state index contributed by atoms with van der Waals surface area (Å²) >= 11 is 3.40. The van der Waals surface area contributed by atoms with Crippen LogP contribution in [0, 0.1) is 0 Å². The lowest BCUT2D eigenvalue weighted by Crippen LogP contribution is -2.29. The molecule has 0 aliphatic carbocycles. The molecule has 1 aromatic carbocycles. The Bertz CT molecular complexity index is 294. The summed E-state index contributed by atoms with van der Waals surface area (Å²) < 4.78 is 6.63. The fraction of sp³-hybridized carbons (Fsp3) is 0.455. The van der Waals surface area contributed by atoms with Crippen molar-refractivity contribution in [3.8, 4) is 5.75 Å². The number of ether oxygens (including phenoxy) is 1. The van der Waals surface area contributed by atoms with Gasteiger partial charge in [0.05, 0.1) is 0 Å². The molecule has 0 aliphatic heterocycles. The molecule has 15 heavy (non-hydrogen) atoms. The smallest absolute Gasteiger partial charge is 0.120 e. The number of hydrogen-bond acceptors (Lipinski definition) is 3. The van der Waals surface area contributed by atoms with Crippen molar-refractivity contribution in [3.05, 3.63) is 28.7 Å². The van der Waals surface area contributed by atoms with Gasteiger partial charge in [0, 0.05) is 24.1 Å². The normalized spacial score (nSPS) is 10.7. The Morgan fingerprint density at radius 2 is 2.20 bits per heavy atom. The molecule has 0 aromatic heterocycles. The van der Waals surface area contributed by atoms with Gasteiger partial charge in [-0.25, -0.2) is 0 Å². The summed E-state index contributed by atoms with van der Waals surface area (Å²) in [4.78, 5) is 2.15. The second kappa shape index (κ2) is 6.82. The van der Waals surface area contributed by atoms with Crippen molar-refractivity contribution in [2.24, 2.45) is 5.73 Å². The number of nitrogens with zero attached hydrogens (tertiary/aromatic N) is 1. The molecule has 4 heteroatoms. The standard InChI is InChI=1S/C11H17BrN2O/c1-14(6-5-13)7-8-15-11-4-2-3-10(12)9-11/h2-4,9H,5-8,13H2,1H3. The highest BCUT2D eigenvalue weighted by atomic mass is 79.9. The zero-order chi connectivity index (χ0) is 11.1. The number of rotatable bonds is 6. The zero-order valence-corrected chi connectivity index (χ0v) is 10.5. The number of benzene rings is 1. The summed E-state index contributed by atoms with van der Waals surface area (Å²) in [5, 5.41) is 0. The fourth-order valence-corrected chi connectivity index (χ4v) is 1.59. The van der Waals surface area contributed by atoms with Crippen LogP contribution in [-0.4, -0.2) is 38.2 Å². The van der Waals surface area contributed by atoms with E-state index in [1.54, 1.807) is 0 Å². The van der Waals surface area contributed by atoms with E-state index in [1.807, 2.05) is 31.3 Å². The number of halogens is 1. The molecular formula is C11H17BrN2O. The van der Waals surface area contributed by atoms with E-state index in [1.165, 1.54) is 0 Å². The van der Waals surface area contributed by atoms with E-state index in [-0.39, 0.29) is 0 Å². The first-order chi connectivity index (χ1) is 7.22. The van der Waals surface area contributed by atoms with E-state index in [9.17, 15) is 0 Å². The largest absolute Gasteiger partial charge is 0.492 e. The number of hydrogen-bond donors (Lipinski definition) is 1. The third kappa shape index (κ3) is 5.16. The van der Waals surface area contributed by atoms with E-state index in [4.69, 9.17) is 10.5 Å². The highest BCUT2D eigenvalue weighted by Crippen LogP contribution is 2.17. The molecule has 0 fully saturated rings. The minimum Gasteiger partial charge on any atom is -0.492 e. The number of nitrogens with two attached hydrogens (primary N) is 1. The van der Waals surface area contributed by atoms with E-state index >= 15 is 0 Å². The third-order valence-corrected chi connectivity index (χ3v) is 2.54. The Hall–Kier alpha value is -0.580. The van der Waals surface area contributed by atoms with Crippen LogP contribution in [-0.2, 0) is 0 Å². The molecule has 0 amide bonds. The lowest BCUT2D eigenvalue weighted by atomic mass is 10.3. The van der Waals surface area contributed by atoms with Crippen molar-refractivity contribution in [1.29, 1.82) is 0 Å². The summed E-state index contributed by atoms with van der Waals surface area (Å²) in [6.07, 6.45) is 0. The average molecular weight is 273 g/mol. The van der Waals surface area contributed by atoms with Crippen molar-refractivity contribution in [2.45, 2.75) is 0 Å². The van der Waals surface area contributed by atoms with Crippen LogP contribution in [0.2, 0.25) is 0 Å². The molecule has 84 valence electrons. The van der Waals surface area contributed by atoms with E-state index < -0.39 is 0 Å². The molecule has 0 saturated heterocycles. The highest BCUT2D eigenvalue weighted by molar-refractivity contribution is 9.10. The Kier molecular flexibility index (Phi) is 5.68. The zero-order valence-electron chi connectivity index (χ0n) is 8.95. The highest BCUT2D eigenvalue weighted by Gasteiger charge is 1.98. The van der Waals surface area contributed by atoms with Gasteiger partial charge in [0.15, 0.2) is 0 Å². The lowest BCUT2D eigenvalue weighted by Gasteiger charge is -2.15. The lowest BCUT2D eigenvalue weighted by molar-refractivity contribution is 0.241. The molecule has 1 aromatic rings. The van der Waals surface area contributed by atoms with E-state index in [0.29, 0.717) is 13.2 Å². The van der Waals surface area contributed by atoms with Gasteiger partial charge in [0.1, 0.15) is 12.4 Å². The van der Waals surface area contributed by atoms with Crippen LogP contribution in [0.15, 0.2) is 28.7 Å². The first-order valence-corrected chi connectivity index (χ1v) is 5.78. The molecule has 0 aliphatic rings. The van der Waals surface area contributed by atoms with Gasteiger partial charge in [0.25, 0.3) is 0 Å². The molecule has 0 heterocycles. The van der Waals surface area contributed by atoms with Crippen LogP contribution in [0.3, 0.4) is 0 Å². The number of likely N-dealkylation sites (N-methyl/N-ethyl adjacent to an activating group) is 1. The molecule has 0 saturated carbocycles. The van der Waals surface area contributed by atoms with Gasteiger partial charge in [0.2, 0.25) is 0 Å². The van der Waals surface area contributed by atoms with Crippen LogP contribution in [0.25, 0.3) is 0 Å². The summed E-state index contributed by atoms with van der Waals surface area (Å²) in [6.45, 7) is 3.17. The van der Waals surface area contributed by atoms with Crippen molar-refractivity contribution in [2.75, 3.05) is 33.3 Å². The van der Waals surface area contributed by atoms with Crippen molar-refractivity contribution in [3.63, 3.8) is 0 Å². The summed E-state index contributed by atoms with van der Waals surface area (Å²) in [5.41, 5.74) is 5.44. The van der Waals surface area contributed by atoms with Gasteiger partial charge < -0.3 is 15.4 Å². The molecule has 3 nitrogen and oxygen atoms in total. The summed E-state index contributed by atoms with van der Waals surface area (Å²) in [7, 11) is 2.04. The molecule has 0 unspecified atom stereocenters. The Labute approximate surface area is 99.3 Å². The maximum absolute atomic E-state index is 5.59. The minimum atomic E-state index is 0.687.